The first-order valence-corrected chi connectivity index (χ1v) is 11.6. The van der Waals surface area contributed by atoms with Gasteiger partial charge < -0.3 is 10.2 Å². The molecule has 1 aromatic carbocycles. The molecule has 8 heteroatoms. The van der Waals surface area contributed by atoms with Crippen molar-refractivity contribution in [2.45, 2.75) is 52.5 Å². The van der Waals surface area contributed by atoms with Gasteiger partial charge in [0.05, 0.1) is 6.54 Å². The Balaban J connectivity index is 1.34. The van der Waals surface area contributed by atoms with Gasteiger partial charge in [0.15, 0.2) is 5.82 Å². The average molecular weight is 440 g/mol. The van der Waals surface area contributed by atoms with E-state index in [4.69, 9.17) is 0 Å². The molecule has 32 heavy (non-hydrogen) atoms. The van der Waals surface area contributed by atoms with Gasteiger partial charge in [0.25, 0.3) is 0 Å². The predicted octanol–water partition coefficient (Wildman–Crippen LogP) is 3.25. The number of hydrogen-bond donors (Lipinski definition) is 1. The van der Waals surface area contributed by atoms with Crippen molar-refractivity contribution in [2.24, 2.45) is 11.3 Å². The Labute approximate surface area is 189 Å². The van der Waals surface area contributed by atoms with Gasteiger partial charge >= 0.3 is 0 Å². The molecule has 0 saturated carbocycles. The van der Waals surface area contributed by atoms with E-state index in [0.717, 1.165) is 51.7 Å². The van der Waals surface area contributed by atoms with Crippen LogP contribution in [0.4, 0.5) is 5.82 Å². The molecule has 3 heterocycles. The maximum Gasteiger partial charge on any atom is 0.239 e. The van der Waals surface area contributed by atoms with Gasteiger partial charge in [-0.3, -0.25) is 14.5 Å². The molecule has 2 saturated heterocycles. The molecular formula is C24H33N5O3. The Hall–Kier alpha value is -2.74. The van der Waals surface area contributed by atoms with Gasteiger partial charge in [-0.2, -0.15) is 0 Å². The number of hydrogen-bond acceptors (Lipinski definition) is 6. The van der Waals surface area contributed by atoms with Crippen LogP contribution in [-0.2, 0) is 16.1 Å². The zero-order valence-electron chi connectivity index (χ0n) is 19.0. The normalized spacial score (nSPS) is 23.2. The van der Waals surface area contributed by atoms with Crippen molar-refractivity contribution in [2.75, 3.05) is 31.5 Å². The lowest BCUT2D eigenvalue weighted by Gasteiger charge is -2.42. The molecule has 8 nitrogen and oxygen atoms in total. The fourth-order valence-electron chi connectivity index (χ4n) is 5.15. The van der Waals surface area contributed by atoms with Gasteiger partial charge in [-0.25, -0.2) is 4.63 Å². The average Bonchev–Trinajstić information content (AvgIpc) is 3.14. The van der Waals surface area contributed by atoms with Crippen molar-refractivity contribution >= 4 is 17.6 Å². The molecule has 0 bridgehead atoms. The molecule has 0 spiro atoms. The van der Waals surface area contributed by atoms with Crippen molar-refractivity contribution in [1.29, 1.82) is 0 Å². The van der Waals surface area contributed by atoms with Gasteiger partial charge in [0.2, 0.25) is 11.8 Å². The highest BCUT2D eigenvalue weighted by Crippen LogP contribution is 2.43. The quantitative estimate of drug-likeness (QED) is 0.743. The molecule has 2 amide bonds. The smallest absolute Gasteiger partial charge is 0.239 e. The van der Waals surface area contributed by atoms with E-state index < -0.39 is 0 Å². The van der Waals surface area contributed by atoms with Crippen molar-refractivity contribution in [3.8, 4) is 0 Å². The predicted molar refractivity (Wildman–Crippen MR) is 121 cm³/mol. The van der Waals surface area contributed by atoms with Gasteiger partial charge in [-0.1, -0.05) is 48.8 Å². The number of aromatic nitrogens is 2. The van der Waals surface area contributed by atoms with Crippen molar-refractivity contribution in [3.05, 3.63) is 41.6 Å². The lowest BCUT2D eigenvalue weighted by atomic mass is 9.69. The van der Waals surface area contributed by atoms with Crippen LogP contribution in [0.25, 0.3) is 0 Å². The Kier molecular flexibility index (Phi) is 6.89. The molecule has 0 radical (unpaired) electrons. The Morgan fingerprint density at radius 1 is 1.16 bits per heavy atom. The number of likely N-dealkylation sites (tertiary alicyclic amines) is 2. The lowest BCUT2D eigenvalue weighted by molar-refractivity contribution is -0.146. The van der Waals surface area contributed by atoms with E-state index in [0.29, 0.717) is 36.4 Å². The largest absolute Gasteiger partial charge is 0.338 e. The number of aryl methyl sites for hydroxylation is 1. The van der Waals surface area contributed by atoms with Crippen LogP contribution in [0.5, 0.6) is 0 Å². The first kappa shape index (κ1) is 22.5. The van der Waals surface area contributed by atoms with E-state index in [2.05, 4.69) is 49.1 Å². The maximum atomic E-state index is 13.7. The zero-order chi connectivity index (χ0) is 22.6. The summed E-state index contributed by atoms with van der Waals surface area (Å²) in [5, 5.41) is 10.1. The second-order valence-electron chi connectivity index (χ2n) is 9.38. The summed E-state index contributed by atoms with van der Waals surface area (Å²) >= 11 is 0. The van der Waals surface area contributed by atoms with Crippen LogP contribution in [0, 0.1) is 18.3 Å². The minimum absolute atomic E-state index is 0.118. The molecule has 1 aromatic heterocycles. The SMILES string of the molecule is Cc1nonc1NC(=O)CN1CCC(C2(C)CCCCN(Cc3ccccc3)C2=O)CC1. The fraction of sp³-hybridized carbons (Fsp3) is 0.583. The van der Waals surface area contributed by atoms with E-state index in [9.17, 15) is 9.59 Å². The van der Waals surface area contributed by atoms with Crippen LogP contribution in [0.2, 0.25) is 0 Å². The Morgan fingerprint density at radius 2 is 1.91 bits per heavy atom. The van der Waals surface area contributed by atoms with Crippen LogP contribution in [0.3, 0.4) is 0 Å². The summed E-state index contributed by atoms with van der Waals surface area (Å²) in [6.45, 7) is 7.37. The first-order chi connectivity index (χ1) is 15.5. The molecule has 4 rings (SSSR count). The minimum atomic E-state index is -0.330. The molecule has 2 aliphatic heterocycles. The standard InChI is InChI=1S/C24H33N5O3/c1-18-22(27-32-26-18)25-21(30)17-28-14-10-20(11-15-28)24(2)12-6-7-13-29(23(24)31)16-19-8-4-3-5-9-19/h3-5,8-9,20H,6-7,10-17H2,1-2H3,(H,25,27,30). The number of piperidine rings is 1. The third-order valence-electron chi connectivity index (χ3n) is 7.13. The minimum Gasteiger partial charge on any atom is -0.338 e. The molecule has 1 unspecified atom stereocenters. The number of nitrogens with zero attached hydrogens (tertiary/aromatic N) is 4. The van der Waals surface area contributed by atoms with Gasteiger partial charge in [0.1, 0.15) is 5.69 Å². The lowest BCUT2D eigenvalue weighted by Crippen LogP contribution is -2.49. The summed E-state index contributed by atoms with van der Waals surface area (Å²) in [4.78, 5) is 30.3. The van der Waals surface area contributed by atoms with Crippen molar-refractivity contribution < 1.29 is 14.2 Å². The summed E-state index contributed by atoms with van der Waals surface area (Å²) in [5.41, 5.74) is 1.42. The highest BCUT2D eigenvalue weighted by Gasteiger charge is 2.45. The molecular weight excluding hydrogens is 406 g/mol. The van der Waals surface area contributed by atoms with Gasteiger partial charge in [-0.05, 0) is 62.3 Å². The second-order valence-corrected chi connectivity index (χ2v) is 9.38. The third-order valence-corrected chi connectivity index (χ3v) is 7.13. The van der Waals surface area contributed by atoms with E-state index >= 15 is 0 Å². The molecule has 2 fully saturated rings. The number of amides is 2. The molecule has 1 N–H and O–H groups in total. The number of carbonyl (C=O) groups excluding carboxylic acids is 2. The Bertz CT molecular complexity index is 923. The first-order valence-electron chi connectivity index (χ1n) is 11.6. The van der Waals surface area contributed by atoms with Crippen LogP contribution >= 0.6 is 0 Å². The highest BCUT2D eigenvalue weighted by molar-refractivity contribution is 5.91. The topological polar surface area (TPSA) is 91.6 Å². The third kappa shape index (κ3) is 5.01. The molecule has 1 atom stereocenters. The second kappa shape index (κ2) is 9.81. The van der Waals surface area contributed by atoms with Crippen LogP contribution in [0.15, 0.2) is 35.0 Å². The summed E-state index contributed by atoms with van der Waals surface area (Å²) in [7, 11) is 0. The van der Waals surface area contributed by atoms with Crippen molar-refractivity contribution in [3.63, 3.8) is 0 Å². The monoisotopic (exact) mass is 439 g/mol. The van der Waals surface area contributed by atoms with E-state index in [1.54, 1.807) is 6.92 Å². The summed E-state index contributed by atoms with van der Waals surface area (Å²) in [6.07, 6.45) is 4.95. The summed E-state index contributed by atoms with van der Waals surface area (Å²) in [6, 6.07) is 10.3. The van der Waals surface area contributed by atoms with Crippen LogP contribution in [0.1, 0.15) is 50.3 Å². The van der Waals surface area contributed by atoms with Gasteiger partial charge in [0, 0.05) is 18.5 Å². The van der Waals surface area contributed by atoms with E-state index in [1.807, 2.05) is 18.2 Å². The number of nitrogens with one attached hydrogen (secondary N) is 1. The zero-order valence-corrected chi connectivity index (χ0v) is 19.0. The molecule has 172 valence electrons. The van der Waals surface area contributed by atoms with E-state index in [1.165, 1.54) is 5.56 Å². The van der Waals surface area contributed by atoms with Crippen LogP contribution in [-0.4, -0.2) is 58.1 Å². The maximum absolute atomic E-state index is 13.7. The molecule has 2 aliphatic rings. The van der Waals surface area contributed by atoms with Gasteiger partial charge in [-0.15, -0.1) is 0 Å². The summed E-state index contributed by atoms with van der Waals surface area (Å²) in [5.74, 6) is 0.893. The number of carbonyl (C=O) groups is 2. The highest BCUT2D eigenvalue weighted by atomic mass is 16.6. The number of anilines is 1. The van der Waals surface area contributed by atoms with Crippen molar-refractivity contribution in [1.82, 2.24) is 20.1 Å². The number of benzene rings is 1. The summed E-state index contributed by atoms with van der Waals surface area (Å²) < 4.78 is 4.63. The molecule has 2 aromatic rings. The fourth-order valence-corrected chi connectivity index (χ4v) is 5.15. The molecule has 0 aliphatic carbocycles. The van der Waals surface area contributed by atoms with Crippen LogP contribution < -0.4 is 5.32 Å². The van der Waals surface area contributed by atoms with E-state index in [-0.39, 0.29) is 11.3 Å². The number of rotatable bonds is 6. The Morgan fingerprint density at radius 3 is 2.59 bits per heavy atom.